The molecule has 7 heteroatoms. The van der Waals surface area contributed by atoms with Gasteiger partial charge in [0.25, 0.3) is 0 Å². The molecule has 2 unspecified atom stereocenters. The summed E-state index contributed by atoms with van der Waals surface area (Å²) in [5.41, 5.74) is 0. The van der Waals surface area contributed by atoms with Gasteiger partial charge in [0.1, 0.15) is 0 Å². The van der Waals surface area contributed by atoms with Gasteiger partial charge in [-0.3, -0.25) is 4.79 Å². The Morgan fingerprint density at radius 2 is 2.32 bits per heavy atom. The zero-order valence-corrected chi connectivity index (χ0v) is 12.7. The maximum atomic E-state index is 11.9. The summed E-state index contributed by atoms with van der Waals surface area (Å²) < 4.78 is 1.97. The summed E-state index contributed by atoms with van der Waals surface area (Å²) >= 11 is 0. The van der Waals surface area contributed by atoms with Crippen molar-refractivity contribution in [1.29, 1.82) is 0 Å². The van der Waals surface area contributed by atoms with Crippen molar-refractivity contribution < 1.29 is 4.79 Å². The molecule has 2 rings (SSSR count). The second-order valence-corrected chi connectivity index (χ2v) is 4.67. The van der Waals surface area contributed by atoms with Crippen LogP contribution in [0.1, 0.15) is 26.2 Å². The number of amides is 1. The highest BCUT2D eigenvalue weighted by molar-refractivity contribution is 5.85. The molecule has 2 heterocycles. The van der Waals surface area contributed by atoms with Gasteiger partial charge in [-0.25, -0.2) is 4.98 Å². The first kappa shape index (κ1) is 18.2. The Kier molecular flexibility index (Phi) is 8.80. The van der Waals surface area contributed by atoms with Gasteiger partial charge in [0.05, 0.1) is 12.4 Å². The summed E-state index contributed by atoms with van der Waals surface area (Å²) in [7, 11) is 0. The fourth-order valence-electron chi connectivity index (χ4n) is 2.18. The van der Waals surface area contributed by atoms with Crippen LogP contribution in [0.25, 0.3) is 0 Å². The smallest absolute Gasteiger partial charge is 0.237 e. The van der Waals surface area contributed by atoms with Gasteiger partial charge in [-0.2, -0.15) is 0 Å². The number of imidazole rings is 1. The average molecular weight is 309 g/mol. The van der Waals surface area contributed by atoms with Gasteiger partial charge in [-0.15, -0.1) is 24.8 Å². The molecule has 0 radical (unpaired) electrons. The molecule has 1 saturated heterocycles. The first-order chi connectivity index (χ1) is 8.25. The number of rotatable bonds is 4. The number of nitrogens with zero attached hydrogens (tertiary/aromatic N) is 2. The van der Waals surface area contributed by atoms with Crippen LogP contribution < -0.4 is 10.6 Å². The largest absolute Gasteiger partial charge is 0.350 e. The van der Waals surface area contributed by atoms with Crippen molar-refractivity contribution in [2.45, 2.75) is 44.8 Å². The lowest BCUT2D eigenvalue weighted by Crippen LogP contribution is -2.49. The normalized spacial score (nSPS) is 19.7. The third-order valence-electron chi connectivity index (χ3n) is 3.06. The van der Waals surface area contributed by atoms with E-state index in [1.54, 1.807) is 12.5 Å². The molecule has 2 N–H and O–H groups in total. The molecule has 1 aromatic heterocycles. The van der Waals surface area contributed by atoms with Crippen LogP contribution in [0.15, 0.2) is 18.7 Å². The van der Waals surface area contributed by atoms with Crippen LogP contribution >= 0.6 is 24.8 Å². The highest BCUT2D eigenvalue weighted by Crippen LogP contribution is 2.07. The van der Waals surface area contributed by atoms with Crippen LogP contribution in [0.2, 0.25) is 0 Å². The molecule has 0 saturated carbocycles. The van der Waals surface area contributed by atoms with Crippen molar-refractivity contribution in [1.82, 2.24) is 20.2 Å². The van der Waals surface area contributed by atoms with Gasteiger partial charge in [0.15, 0.2) is 0 Å². The number of carbonyl (C=O) groups excluding carboxylic acids is 1. The number of carbonyl (C=O) groups is 1. The molecule has 1 aromatic rings. The van der Waals surface area contributed by atoms with E-state index in [-0.39, 0.29) is 42.8 Å². The summed E-state index contributed by atoms with van der Waals surface area (Å²) in [5.74, 6) is 0.123. The predicted octanol–water partition coefficient (Wildman–Crippen LogP) is 1.37. The number of piperidine rings is 1. The summed E-state index contributed by atoms with van der Waals surface area (Å²) in [4.78, 5) is 15.9. The highest BCUT2D eigenvalue weighted by atomic mass is 35.5. The molecule has 19 heavy (non-hydrogen) atoms. The molecule has 0 aromatic carbocycles. The minimum absolute atomic E-state index is 0. The van der Waals surface area contributed by atoms with Gasteiger partial charge in [0.2, 0.25) is 5.91 Å². The van der Waals surface area contributed by atoms with Crippen LogP contribution in [0.3, 0.4) is 0 Å². The molecule has 1 aliphatic rings. The van der Waals surface area contributed by atoms with Gasteiger partial charge < -0.3 is 15.2 Å². The van der Waals surface area contributed by atoms with E-state index < -0.39 is 0 Å². The second kappa shape index (κ2) is 9.18. The number of nitrogens with one attached hydrogen (secondary N) is 2. The summed E-state index contributed by atoms with van der Waals surface area (Å²) in [5, 5.41) is 6.29. The van der Waals surface area contributed by atoms with Crippen LogP contribution in [-0.4, -0.2) is 34.1 Å². The van der Waals surface area contributed by atoms with E-state index in [0.717, 1.165) is 25.9 Å². The lowest BCUT2D eigenvalue weighted by atomic mass is 10.0. The molecule has 0 bridgehead atoms. The fourth-order valence-corrected chi connectivity index (χ4v) is 2.18. The molecule has 2 atom stereocenters. The molecule has 110 valence electrons. The molecule has 1 aliphatic heterocycles. The van der Waals surface area contributed by atoms with E-state index in [1.165, 1.54) is 6.42 Å². The van der Waals surface area contributed by atoms with E-state index in [1.807, 2.05) is 17.7 Å². The van der Waals surface area contributed by atoms with Crippen LogP contribution in [0.5, 0.6) is 0 Å². The van der Waals surface area contributed by atoms with Gasteiger partial charge in [-0.05, 0) is 26.3 Å². The second-order valence-electron chi connectivity index (χ2n) is 4.67. The third kappa shape index (κ3) is 5.80. The molecular weight excluding hydrogens is 287 g/mol. The van der Waals surface area contributed by atoms with Crippen LogP contribution in [0.4, 0.5) is 0 Å². The van der Waals surface area contributed by atoms with Crippen molar-refractivity contribution in [2.24, 2.45) is 0 Å². The number of hydrogen-bond acceptors (Lipinski definition) is 3. The Morgan fingerprint density at radius 1 is 1.53 bits per heavy atom. The van der Waals surface area contributed by atoms with E-state index in [2.05, 4.69) is 15.6 Å². The van der Waals surface area contributed by atoms with Crippen molar-refractivity contribution in [3.8, 4) is 0 Å². The zero-order chi connectivity index (χ0) is 12.1. The minimum atomic E-state index is -0.00557. The summed E-state index contributed by atoms with van der Waals surface area (Å²) in [6, 6.07) is 0.120. The van der Waals surface area contributed by atoms with E-state index in [0.29, 0.717) is 0 Å². The van der Waals surface area contributed by atoms with E-state index >= 15 is 0 Å². The summed E-state index contributed by atoms with van der Waals surface area (Å²) in [6.07, 6.45) is 8.68. The first-order valence-corrected chi connectivity index (χ1v) is 6.25. The van der Waals surface area contributed by atoms with Crippen molar-refractivity contribution >= 4 is 30.7 Å². The maximum Gasteiger partial charge on any atom is 0.237 e. The van der Waals surface area contributed by atoms with Crippen molar-refractivity contribution in [3.63, 3.8) is 0 Å². The standard InChI is InChI=1S/C12H20N4O.2ClH/c1-10(8-16-7-6-13-9-16)15-12(17)11-4-2-3-5-14-11;;/h6-7,9-11,14H,2-5,8H2,1H3,(H,15,17);2*1H. The molecular formula is C12H22Cl2N4O. The quantitative estimate of drug-likeness (QED) is 0.883. The van der Waals surface area contributed by atoms with Crippen LogP contribution in [0, 0.1) is 0 Å². The number of aromatic nitrogens is 2. The monoisotopic (exact) mass is 308 g/mol. The van der Waals surface area contributed by atoms with Crippen molar-refractivity contribution in [3.05, 3.63) is 18.7 Å². The first-order valence-electron chi connectivity index (χ1n) is 6.25. The predicted molar refractivity (Wildman–Crippen MR) is 80.0 cm³/mol. The van der Waals surface area contributed by atoms with Gasteiger partial charge in [-0.1, -0.05) is 6.42 Å². The highest BCUT2D eigenvalue weighted by Gasteiger charge is 2.21. The summed E-state index contributed by atoms with van der Waals surface area (Å²) in [6.45, 7) is 3.73. The van der Waals surface area contributed by atoms with E-state index in [9.17, 15) is 4.79 Å². The molecule has 1 fully saturated rings. The number of hydrogen-bond donors (Lipinski definition) is 2. The topological polar surface area (TPSA) is 59.0 Å². The average Bonchev–Trinajstić information content (AvgIpc) is 2.82. The Hall–Kier alpha value is -0.780. The molecule has 5 nitrogen and oxygen atoms in total. The fraction of sp³-hybridized carbons (Fsp3) is 0.667. The van der Waals surface area contributed by atoms with Crippen LogP contribution in [-0.2, 0) is 11.3 Å². The Bertz CT molecular complexity index is 353. The lowest BCUT2D eigenvalue weighted by molar-refractivity contribution is -0.124. The number of halogens is 2. The minimum Gasteiger partial charge on any atom is -0.350 e. The Labute approximate surface area is 126 Å². The Balaban J connectivity index is 0.00000162. The molecule has 1 amide bonds. The SMILES string of the molecule is CC(Cn1ccnc1)NC(=O)C1CCCCN1.Cl.Cl. The zero-order valence-electron chi connectivity index (χ0n) is 11.0. The van der Waals surface area contributed by atoms with Gasteiger partial charge in [0, 0.05) is 25.0 Å². The molecule has 0 aliphatic carbocycles. The third-order valence-corrected chi connectivity index (χ3v) is 3.06. The maximum absolute atomic E-state index is 11.9. The molecule has 0 spiro atoms. The van der Waals surface area contributed by atoms with Gasteiger partial charge >= 0.3 is 0 Å². The lowest BCUT2D eigenvalue weighted by Gasteiger charge is -2.24. The van der Waals surface area contributed by atoms with E-state index in [4.69, 9.17) is 0 Å². The Morgan fingerprint density at radius 3 is 2.89 bits per heavy atom. The van der Waals surface area contributed by atoms with Crippen molar-refractivity contribution in [2.75, 3.05) is 6.54 Å².